The molecule has 0 amide bonds. The van der Waals surface area contributed by atoms with Crippen LogP contribution < -0.4 is 37.7 Å². The third-order valence-electron chi connectivity index (χ3n) is 3.02. The minimum Gasteiger partial charge on any atom is -0.419 e. The van der Waals surface area contributed by atoms with Crippen LogP contribution in [0.2, 0.25) is 18.1 Å². The average Bonchev–Trinajstić information content (AvgIpc) is 2.13. The van der Waals surface area contributed by atoms with Gasteiger partial charge in [-0.25, -0.2) is 0 Å². The van der Waals surface area contributed by atoms with Crippen LogP contribution in [0.4, 0.5) is 0 Å². The summed E-state index contributed by atoms with van der Waals surface area (Å²) in [6.45, 7) is 20.7. The molecular formula is C14H33Li2NOSi. The van der Waals surface area contributed by atoms with Gasteiger partial charge in [0.25, 0.3) is 0 Å². The Hall–Kier alpha value is 1.33. The third kappa shape index (κ3) is 17.3. The molecule has 0 aliphatic heterocycles. The smallest absolute Gasteiger partial charge is 0.419 e. The Bertz CT molecular complexity index is 183. The largest absolute Gasteiger partial charge is 1.00 e. The van der Waals surface area contributed by atoms with Gasteiger partial charge in [-0.3, -0.25) is 0 Å². The molecule has 0 aliphatic rings. The van der Waals surface area contributed by atoms with Gasteiger partial charge in [-0.05, 0) is 38.8 Å². The predicted octanol–water partition coefficient (Wildman–Crippen LogP) is -1.99. The molecule has 0 aliphatic carbocycles. The monoisotopic (exact) mass is 273 g/mol. The van der Waals surface area contributed by atoms with Crippen molar-refractivity contribution in [1.29, 1.82) is 0 Å². The van der Waals surface area contributed by atoms with Crippen LogP contribution in [0, 0.1) is 13.8 Å². The molecule has 19 heavy (non-hydrogen) atoms. The van der Waals surface area contributed by atoms with Crippen LogP contribution >= 0.6 is 0 Å². The Balaban J connectivity index is -0.000000123. The molecular weight excluding hydrogens is 240 g/mol. The topological polar surface area (TPSA) is 12.5 Å². The quantitative estimate of drug-likeness (QED) is 0.425. The Morgan fingerprint density at radius 2 is 1.42 bits per heavy atom. The van der Waals surface area contributed by atoms with E-state index < -0.39 is 8.32 Å². The second-order valence-electron chi connectivity index (χ2n) is 6.12. The second kappa shape index (κ2) is 14.3. The summed E-state index contributed by atoms with van der Waals surface area (Å²) in [7, 11) is 2.63. The van der Waals surface area contributed by atoms with E-state index in [1.807, 2.05) is 14.1 Å². The zero-order valence-corrected chi connectivity index (χ0v) is 16.1. The Morgan fingerprint density at radius 1 is 1.00 bits per heavy atom. The minimum atomic E-state index is -1.47. The van der Waals surface area contributed by atoms with Crippen molar-refractivity contribution in [2.24, 2.45) is 0 Å². The fourth-order valence-corrected chi connectivity index (χ4v) is 1.95. The third-order valence-corrected chi connectivity index (χ3v) is 7.56. The first-order valence-electron chi connectivity index (χ1n) is 6.45. The van der Waals surface area contributed by atoms with Gasteiger partial charge in [-0.2, -0.15) is 12.8 Å². The first-order chi connectivity index (χ1) is 7.58. The molecule has 106 valence electrons. The summed E-state index contributed by atoms with van der Waals surface area (Å²) in [6.07, 6.45) is 1.89. The van der Waals surface area contributed by atoms with Crippen molar-refractivity contribution in [3.05, 3.63) is 13.8 Å². The number of hydrogen-bond donors (Lipinski definition) is 0. The summed E-state index contributed by atoms with van der Waals surface area (Å²) >= 11 is 0. The number of nitrogens with zero attached hydrogens (tertiary/aromatic N) is 1. The van der Waals surface area contributed by atoms with E-state index in [1.54, 1.807) is 0 Å². The van der Waals surface area contributed by atoms with E-state index in [1.165, 1.54) is 0 Å². The molecule has 0 saturated heterocycles. The van der Waals surface area contributed by atoms with Crippen LogP contribution in [0.1, 0.15) is 33.6 Å². The molecule has 0 heterocycles. The second-order valence-corrected chi connectivity index (χ2v) is 10.9. The van der Waals surface area contributed by atoms with Gasteiger partial charge in [-0.15, -0.1) is 0 Å². The van der Waals surface area contributed by atoms with E-state index >= 15 is 0 Å². The van der Waals surface area contributed by atoms with Crippen molar-refractivity contribution in [2.45, 2.75) is 51.7 Å². The summed E-state index contributed by atoms with van der Waals surface area (Å²) in [5.41, 5.74) is 0. The molecule has 0 bridgehead atoms. The van der Waals surface area contributed by atoms with Crippen LogP contribution in [0.3, 0.4) is 0 Å². The summed E-state index contributed by atoms with van der Waals surface area (Å²) in [6, 6.07) is 0. The summed E-state index contributed by atoms with van der Waals surface area (Å²) in [5, 5.41) is 0.335. The molecule has 0 aromatic carbocycles. The van der Waals surface area contributed by atoms with E-state index in [2.05, 4.69) is 52.6 Å². The van der Waals surface area contributed by atoms with Gasteiger partial charge >= 0.3 is 37.7 Å². The first-order valence-corrected chi connectivity index (χ1v) is 9.36. The van der Waals surface area contributed by atoms with Crippen molar-refractivity contribution < 1.29 is 42.1 Å². The molecule has 0 radical (unpaired) electrons. The number of rotatable bonds is 5. The molecule has 0 aromatic rings. The maximum Gasteiger partial charge on any atom is 1.00 e. The standard InChI is InChI=1S/C9H21OSi.C5H12N.2Li/c1-7-8-10-11(5,6)9(2,3)4;1-4-5-6(2)3;;/h1,7-8H2,2-6H3;1,4-5H2,2-3H3;;/q2*-1;2*+1. The average molecular weight is 273 g/mol. The van der Waals surface area contributed by atoms with E-state index in [0.717, 1.165) is 26.0 Å². The molecule has 0 aromatic heterocycles. The predicted molar refractivity (Wildman–Crippen MR) is 81.7 cm³/mol. The molecule has 0 unspecified atom stereocenters. The summed E-state index contributed by atoms with van der Waals surface area (Å²) in [4.78, 5) is 2.12. The Labute approximate surface area is 147 Å². The van der Waals surface area contributed by atoms with E-state index in [9.17, 15) is 0 Å². The van der Waals surface area contributed by atoms with Gasteiger partial charge in [0, 0.05) is 6.61 Å². The Morgan fingerprint density at radius 3 is 1.58 bits per heavy atom. The van der Waals surface area contributed by atoms with E-state index in [0.29, 0.717) is 5.04 Å². The minimum absolute atomic E-state index is 0. The van der Waals surface area contributed by atoms with Crippen LogP contribution in [0.5, 0.6) is 0 Å². The van der Waals surface area contributed by atoms with Gasteiger partial charge in [0.15, 0.2) is 8.32 Å². The fraction of sp³-hybridized carbons (Fsp3) is 0.857. The van der Waals surface area contributed by atoms with Gasteiger partial charge in [0.1, 0.15) is 0 Å². The molecule has 2 nitrogen and oxygen atoms in total. The zero-order valence-electron chi connectivity index (χ0n) is 15.1. The fourth-order valence-electron chi connectivity index (χ4n) is 0.860. The van der Waals surface area contributed by atoms with E-state index in [-0.39, 0.29) is 37.7 Å². The van der Waals surface area contributed by atoms with Gasteiger partial charge in [-0.1, -0.05) is 20.8 Å². The van der Waals surface area contributed by atoms with Crippen LogP contribution in [0.25, 0.3) is 0 Å². The molecule has 0 spiro atoms. The normalized spacial score (nSPS) is 11.1. The van der Waals surface area contributed by atoms with Crippen molar-refractivity contribution in [1.82, 2.24) is 4.90 Å². The SMILES string of the molecule is [CH2-]CCN(C)C.[CH2-]CCO[Si](C)(C)C(C)(C)C.[Li+].[Li+]. The Kier molecular flexibility index (Phi) is 21.4. The summed E-state index contributed by atoms with van der Waals surface area (Å²) < 4.78 is 5.82. The summed E-state index contributed by atoms with van der Waals surface area (Å²) in [5.74, 6) is 0. The first kappa shape index (κ1) is 28.5. The molecule has 5 heteroatoms. The molecule has 0 rings (SSSR count). The van der Waals surface area contributed by atoms with Crippen molar-refractivity contribution in [3.63, 3.8) is 0 Å². The van der Waals surface area contributed by atoms with Crippen molar-refractivity contribution >= 4 is 8.32 Å². The van der Waals surface area contributed by atoms with Crippen LogP contribution in [-0.2, 0) is 4.43 Å². The van der Waals surface area contributed by atoms with Crippen LogP contribution in [-0.4, -0.2) is 40.5 Å². The maximum atomic E-state index is 5.82. The maximum absolute atomic E-state index is 5.82. The zero-order chi connectivity index (χ0) is 14.1. The molecule has 0 saturated carbocycles. The van der Waals surface area contributed by atoms with E-state index in [4.69, 9.17) is 4.43 Å². The number of hydrogen-bond acceptors (Lipinski definition) is 2. The van der Waals surface area contributed by atoms with Gasteiger partial charge in [0.2, 0.25) is 0 Å². The van der Waals surface area contributed by atoms with Crippen molar-refractivity contribution in [3.8, 4) is 0 Å². The molecule has 0 fully saturated rings. The van der Waals surface area contributed by atoms with Crippen molar-refractivity contribution in [2.75, 3.05) is 27.2 Å². The van der Waals surface area contributed by atoms with Crippen LogP contribution in [0.15, 0.2) is 0 Å². The molecule has 0 N–H and O–H groups in total. The van der Waals surface area contributed by atoms with Gasteiger partial charge in [0.05, 0.1) is 0 Å². The molecule has 0 atom stereocenters. The van der Waals surface area contributed by atoms with Gasteiger partial charge < -0.3 is 23.2 Å².